The van der Waals surface area contributed by atoms with Gasteiger partial charge in [0.1, 0.15) is 0 Å². The lowest BCUT2D eigenvalue weighted by Crippen LogP contribution is -2.33. The molecule has 2 aromatic carbocycles. The summed E-state index contributed by atoms with van der Waals surface area (Å²) in [6.45, 7) is 3.68. The maximum atomic E-state index is 12.5. The molecule has 0 saturated heterocycles. The number of anilines is 2. The summed E-state index contributed by atoms with van der Waals surface area (Å²) in [5.74, 6) is -0.505. The summed E-state index contributed by atoms with van der Waals surface area (Å²) in [5.41, 5.74) is 15.5. The van der Waals surface area contributed by atoms with Gasteiger partial charge < -0.3 is 16.2 Å². The van der Waals surface area contributed by atoms with Gasteiger partial charge in [-0.15, -0.1) is 0 Å². The van der Waals surface area contributed by atoms with Crippen LogP contribution in [0.3, 0.4) is 0 Å². The summed E-state index contributed by atoms with van der Waals surface area (Å²) < 4.78 is 5.04. The first-order chi connectivity index (χ1) is 12.3. The number of carbonyl (C=O) groups is 2. The minimum absolute atomic E-state index is 0.147. The number of methoxy groups -OCH3 is 1. The number of carbonyl (C=O) groups excluding carboxylic acids is 2. The number of esters is 1. The Bertz CT molecular complexity index is 887. The largest absolute Gasteiger partial charge is 0.469 e. The molecule has 2 aromatic rings. The number of nitrogen functional groups attached to an aromatic ring is 2. The first kappa shape index (κ1) is 18.0. The van der Waals surface area contributed by atoms with Crippen molar-refractivity contribution < 1.29 is 14.3 Å². The molecule has 0 amide bonds. The van der Waals surface area contributed by atoms with Gasteiger partial charge in [0, 0.05) is 17.9 Å². The van der Waals surface area contributed by atoms with Crippen molar-refractivity contribution in [2.75, 3.05) is 18.6 Å². The lowest BCUT2D eigenvalue weighted by molar-refractivity contribution is -0.151. The van der Waals surface area contributed by atoms with E-state index in [2.05, 4.69) is 0 Å². The van der Waals surface area contributed by atoms with E-state index in [-0.39, 0.29) is 17.7 Å². The maximum Gasteiger partial charge on any atom is 0.312 e. The Hall–Kier alpha value is -2.82. The molecule has 1 aliphatic carbocycles. The standard InChI is InChI=1S/C21H24N2O3/c1-21(2,20(25)26-3)19(14-6-8-16(22)17(23)11-14)13-5-4-12-7-9-18(24)15(12)10-13/h4-6,8,10-11,19H,7,9,22-23H2,1-3H3. The highest BCUT2D eigenvalue weighted by Gasteiger charge is 2.40. The molecule has 5 heteroatoms. The van der Waals surface area contributed by atoms with Crippen LogP contribution < -0.4 is 11.5 Å². The molecule has 5 nitrogen and oxygen atoms in total. The number of nitrogens with two attached hydrogens (primary N) is 2. The van der Waals surface area contributed by atoms with Crippen LogP contribution in [0, 0.1) is 5.41 Å². The fourth-order valence-electron chi connectivity index (χ4n) is 3.81. The first-order valence-electron chi connectivity index (χ1n) is 8.65. The van der Waals surface area contributed by atoms with E-state index in [9.17, 15) is 9.59 Å². The van der Waals surface area contributed by atoms with Gasteiger partial charge in [-0.05, 0) is 55.2 Å². The van der Waals surface area contributed by atoms with Gasteiger partial charge in [-0.2, -0.15) is 0 Å². The molecule has 0 aliphatic heterocycles. The summed E-state index contributed by atoms with van der Waals surface area (Å²) in [7, 11) is 1.38. The fraction of sp³-hybridized carbons (Fsp3) is 0.333. The normalized spacial score (nSPS) is 14.8. The molecular formula is C21H24N2O3. The van der Waals surface area contributed by atoms with Crippen LogP contribution in [0.1, 0.15) is 53.2 Å². The van der Waals surface area contributed by atoms with Crippen LogP contribution >= 0.6 is 0 Å². The lowest BCUT2D eigenvalue weighted by Gasteiger charge is -2.33. The third-order valence-electron chi connectivity index (χ3n) is 5.27. The maximum absolute atomic E-state index is 12.5. The average Bonchev–Trinajstić information content (AvgIpc) is 2.98. The Balaban J connectivity index is 2.18. The number of ether oxygens (including phenoxy) is 1. The minimum Gasteiger partial charge on any atom is -0.469 e. The van der Waals surface area contributed by atoms with Gasteiger partial charge in [-0.25, -0.2) is 0 Å². The van der Waals surface area contributed by atoms with E-state index >= 15 is 0 Å². The molecule has 0 spiro atoms. The average molecular weight is 352 g/mol. The zero-order valence-corrected chi connectivity index (χ0v) is 15.3. The van der Waals surface area contributed by atoms with Gasteiger partial charge in [-0.3, -0.25) is 9.59 Å². The van der Waals surface area contributed by atoms with E-state index in [1.54, 1.807) is 12.1 Å². The summed E-state index contributed by atoms with van der Waals surface area (Å²) in [4.78, 5) is 24.7. The Morgan fingerprint density at radius 1 is 1.04 bits per heavy atom. The predicted octanol–water partition coefficient (Wildman–Crippen LogP) is 3.31. The number of rotatable bonds is 4. The molecule has 1 atom stereocenters. The number of fused-ring (bicyclic) bond motifs is 1. The van der Waals surface area contributed by atoms with Gasteiger partial charge in [0.2, 0.25) is 0 Å². The monoisotopic (exact) mass is 352 g/mol. The van der Waals surface area contributed by atoms with Gasteiger partial charge in [-0.1, -0.05) is 18.2 Å². The fourth-order valence-corrected chi connectivity index (χ4v) is 3.81. The number of hydrogen-bond donors (Lipinski definition) is 2. The molecule has 26 heavy (non-hydrogen) atoms. The highest BCUT2D eigenvalue weighted by molar-refractivity contribution is 6.00. The van der Waals surface area contributed by atoms with E-state index in [1.165, 1.54) is 7.11 Å². The van der Waals surface area contributed by atoms with Crippen LogP contribution in [0.15, 0.2) is 36.4 Å². The lowest BCUT2D eigenvalue weighted by atomic mass is 9.70. The van der Waals surface area contributed by atoms with Crippen molar-refractivity contribution in [1.82, 2.24) is 0 Å². The quantitative estimate of drug-likeness (QED) is 0.650. The van der Waals surface area contributed by atoms with Crippen LogP contribution in [0.4, 0.5) is 11.4 Å². The van der Waals surface area contributed by atoms with E-state index in [0.29, 0.717) is 17.8 Å². The third kappa shape index (κ3) is 2.94. The smallest absolute Gasteiger partial charge is 0.312 e. The Labute approximate surface area is 153 Å². The molecule has 0 saturated carbocycles. The van der Waals surface area contributed by atoms with Crippen molar-refractivity contribution in [3.05, 3.63) is 58.7 Å². The second-order valence-electron chi connectivity index (χ2n) is 7.37. The molecule has 0 aromatic heterocycles. The Kier molecular flexibility index (Phi) is 4.48. The number of aryl methyl sites for hydroxylation is 1. The van der Waals surface area contributed by atoms with Gasteiger partial charge >= 0.3 is 5.97 Å². The van der Waals surface area contributed by atoms with Gasteiger partial charge in [0.15, 0.2) is 5.78 Å². The molecule has 1 unspecified atom stereocenters. The number of ketones is 1. The highest BCUT2D eigenvalue weighted by atomic mass is 16.5. The van der Waals surface area contributed by atoms with Crippen LogP contribution in [0.2, 0.25) is 0 Å². The molecule has 0 radical (unpaired) electrons. The van der Waals surface area contributed by atoms with Crippen LogP contribution in [-0.4, -0.2) is 18.9 Å². The van der Waals surface area contributed by atoms with Crippen molar-refractivity contribution >= 4 is 23.1 Å². The molecule has 136 valence electrons. The Morgan fingerprint density at radius 3 is 2.35 bits per heavy atom. The zero-order chi connectivity index (χ0) is 19.1. The Morgan fingerprint density at radius 2 is 1.69 bits per heavy atom. The number of benzene rings is 2. The summed E-state index contributed by atoms with van der Waals surface area (Å²) in [6.07, 6.45) is 1.31. The van der Waals surface area contributed by atoms with Crippen LogP contribution in [-0.2, 0) is 16.0 Å². The molecule has 3 rings (SSSR count). The van der Waals surface area contributed by atoms with E-state index < -0.39 is 5.41 Å². The molecule has 0 bridgehead atoms. The molecule has 0 fully saturated rings. The second kappa shape index (κ2) is 6.48. The van der Waals surface area contributed by atoms with Crippen molar-refractivity contribution in [3.8, 4) is 0 Å². The summed E-state index contributed by atoms with van der Waals surface area (Å²) in [5, 5.41) is 0. The van der Waals surface area contributed by atoms with Crippen LogP contribution in [0.25, 0.3) is 0 Å². The SMILES string of the molecule is COC(=O)C(C)(C)C(c1ccc(N)c(N)c1)c1ccc2c(c1)C(=O)CC2. The van der Waals surface area contributed by atoms with Gasteiger partial charge in [0.25, 0.3) is 0 Å². The van der Waals surface area contributed by atoms with Crippen LogP contribution in [0.5, 0.6) is 0 Å². The van der Waals surface area contributed by atoms with Crippen molar-refractivity contribution in [2.45, 2.75) is 32.6 Å². The van der Waals surface area contributed by atoms with Crippen molar-refractivity contribution in [3.63, 3.8) is 0 Å². The predicted molar refractivity (Wildman–Crippen MR) is 102 cm³/mol. The summed E-state index contributed by atoms with van der Waals surface area (Å²) in [6, 6.07) is 11.3. The number of Topliss-reactive ketones (excluding diaryl/α,β-unsaturated/α-hetero) is 1. The topological polar surface area (TPSA) is 95.4 Å². The third-order valence-corrected chi connectivity index (χ3v) is 5.27. The van der Waals surface area contributed by atoms with E-state index in [4.69, 9.17) is 16.2 Å². The molecule has 0 heterocycles. The highest BCUT2D eigenvalue weighted by Crippen LogP contribution is 2.43. The van der Waals surface area contributed by atoms with Crippen molar-refractivity contribution in [1.29, 1.82) is 0 Å². The molecule has 4 N–H and O–H groups in total. The minimum atomic E-state index is -0.854. The second-order valence-corrected chi connectivity index (χ2v) is 7.37. The first-order valence-corrected chi connectivity index (χ1v) is 8.65. The molecule has 1 aliphatic rings. The molecular weight excluding hydrogens is 328 g/mol. The number of hydrogen-bond acceptors (Lipinski definition) is 5. The zero-order valence-electron chi connectivity index (χ0n) is 15.3. The summed E-state index contributed by atoms with van der Waals surface area (Å²) >= 11 is 0. The van der Waals surface area contributed by atoms with E-state index in [0.717, 1.165) is 28.7 Å². The van der Waals surface area contributed by atoms with E-state index in [1.807, 2.05) is 38.1 Å². The van der Waals surface area contributed by atoms with Crippen molar-refractivity contribution in [2.24, 2.45) is 5.41 Å². The van der Waals surface area contributed by atoms with Gasteiger partial charge in [0.05, 0.1) is 23.9 Å².